The minimum atomic E-state index is -0.0648. The Balaban J connectivity index is 1.68. The lowest BCUT2D eigenvalue weighted by atomic mass is 9.94. The zero-order chi connectivity index (χ0) is 17.8. The topological polar surface area (TPSA) is 35.6 Å². The van der Waals surface area contributed by atoms with E-state index in [4.69, 9.17) is 0 Å². The van der Waals surface area contributed by atoms with Gasteiger partial charge in [0.15, 0.2) is 0 Å². The molecule has 2 aromatic rings. The number of urea groups is 1. The van der Waals surface area contributed by atoms with Crippen molar-refractivity contribution in [3.8, 4) is 0 Å². The van der Waals surface area contributed by atoms with E-state index in [0.29, 0.717) is 6.54 Å². The fraction of sp³-hybridized carbons (Fsp3) is 0.350. The third-order valence-electron chi connectivity index (χ3n) is 4.71. The fourth-order valence-electron chi connectivity index (χ4n) is 3.26. The van der Waals surface area contributed by atoms with E-state index in [1.807, 2.05) is 27.2 Å². The van der Waals surface area contributed by atoms with Crippen molar-refractivity contribution >= 4 is 23.1 Å². The summed E-state index contributed by atoms with van der Waals surface area (Å²) in [6, 6.07) is 10.6. The van der Waals surface area contributed by atoms with Gasteiger partial charge in [-0.15, -0.1) is 0 Å². The highest BCUT2D eigenvalue weighted by atomic mass is 32.1. The van der Waals surface area contributed by atoms with Crippen LogP contribution in [0, 0.1) is 0 Å². The predicted octanol–water partition coefficient (Wildman–Crippen LogP) is 3.98. The number of nitrogens with one attached hydrogen (secondary N) is 1. The smallest absolute Gasteiger partial charge is 0.321 e. The first-order valence-electron chi connectivity index (χ1n) is 8.56. The van der Waals surface area contributed by atoms with Crippen molar-refractivity contribution in [1.82, 2.24) is 15.1 Å². The van der Waals surface area contributed by atoms with Gasteiger partial charge < -0.3 is 10.2 Å². The first-order chi connectivity index (χ1) is 12.1. The van der Waals surface area contributed by atoms with Gasteiger partial charge in [0.05, 0.1) is 6.04 Å². The van der Waals surface area contributed by atoms with E-state index in [0.717, 1.165) is 24.1 Å². The highest BCUT2D eigenvalue weighted by Gasteiger charge is 2.21. The largest absolute Gasteiger partial charge is 0.336 e. The molecule has 1 heterocycles. The van der Waals surface area contributed by atoms with Crippen LogP contribution in [0.1, 0.15) is 29.2 Å². The summed E-state index contributed by atoms with van der Waals surface area (Å²) < 4.78 is 0. The maximum atomic E-state index is 12.7. The van der Waals surface area contributed by atoms with Gasteiger partial charge >= 0.3 is 6.03 Å². The number of nitrogens with zero attached hydrogens (tertiary/aromatic N) is 2. The van der Waals surface area contributed by atoms with E-state index in [9.17, 15) is 4.79 Å². The van der Waals surface area contributed by atoms with Crippen LogP contribution in [0.2, 0.25) is 0 Å². The van der Waals surface area contributed by atoms with Crippen LogP contribution in [0.5, 0.6) is 0 Å². The number of hydrogen-bond acceptors (Lipinski definition) is 3. The summed E-state index contributed by atoms with van der Waals surface area (Å²) in [6.45, 7) is 0.585. The van der Waals surface area contributed by atoms with Crippen LogP contribution < -0.4 is 5.32 Å². The minimum Gasteiger partial charge on any atom is -0.336 e. The van der Waals surface area contributed by atoms with Crippen molar-refractivity contribution in [2.45, 2.75) is 18.9 Å². The van der Waals surface area contributed by atoms with E-state index in [2.05, 4.69) is 51.3 Å². The number of hydrogen-bond donors (Lipinski definition) is 1. The molecule has 0 aliphatic heterocycles. The van der Waals surface area contributed by atoms with Gasteiger partial charge in [0.2, 0.25) is 0 Å². The van der Waals surface area contributed by atoms with Crippen molar-refractivity contribution in [3.63, 3.8) is 0 Å². The molecule has 3 rings (SSSR count). The molecule has 0 saturated carbocycles. The molecular formula is C20H25N3OS. The summed E-state index contributed by atoms with van der Waals surface area (Å²) in [7, 11) is 5.93. The van der Waals surface area contributed by atoms with Gasteiger partial charge in [0.1, 0.15) is 0 Å². The van der Waals surface area contributed by atoms with Gasteiger partial charge in [-0.1, -0.05) is 30.3 Å². The van der Waals surface area contributed by atoms with Gasteiger partial charge in [-0.25, -0.2) is 4.79 Å². The number of allylic oxidation sites excluding steroid dienone is 1. The number of thiophene rings is 1. The van der Waals surface area contributed by atoms with Crippen LogP contribution in [-0.4, -0.2) is 43.5 Å². The number of fused-ring (bicyclic) bond motifs is 1. The van der Waals surface area contributed by atoms with E-state index < -0.39 is 0 Å². The lowest BCUT2D eigenvalue weighted by Gasteiger charge is -2.28. The van der Waals surface area contributed by atoms with Crippen molar-refractivity contribution in [2.24, 2.45) is 0 Å². The molecule has 0 saturated heterocycles. The number of amides is 2. The first-order valence-corrected chi connectivity index (χ1v) is 9.50. The standard InChI is InChI=1S/C20H25N3OS/c1-22(2)19(16-11-12-25-14-16)13-21-20(24)23(3)18-10-6-8-15-7-4-5-9-17(15)18/h4-5,7,9-12,14,19H,6,8,13H2,1-3H3,(H,21,24). The highest BCUT2D eigenvalue weighted by molar-refractivity contribution is 7.07. The Morgan fingerprint density at radius 1 is 1.24 bits per heavy atom. The maximum Gasteiger partial charge on any atom is 0.321 e. The second kappa shape index (κ2) is 7.85. The normalized spacial score (nSPS) is 14.6. The van der Waals surface area contributed by atoms with Gasteiger partial charge in [0.25, 0.3) is 0 Å². The summed E-state index contributed by atoms with van der Waals surface area (Å²) in [5.74, 6) is 0. The fourth-order valence-corrected chi connectivity index (χ4v) is 3.96. The lowest BCUT2D eigenvalue weighted by Crippen LogP contribution is -2.41. The molecule has 1 unspecified atom stereocenters. The second-order valence-electron chi connectivity index (χ2n) is 6.57. The zero-order valence-corrected chi connectivity index (χ0v) is 15.8. The van der Waals surface area contributed by atoms with Crippen LogP contribution in [0.4, 0.5) is 4.79 Å². The average Bonchev–Trinajstić information content (AvgIpc) is 3.14. The first kappa shape index (κ1) is 17.7. The lowest BCUT2D eigenvalue weighted by molar-refractivity contribution is 0.217. The van der Waals surface area contributed by atoms with Gasteiger partial charge in [-0.3, -0.25) is 4.90 Å². The molecule has 5 heteroatoms. The number of likely N-dealkylation sites (N-methyl/N-ethyl adjacent to an activating group) is 1. The van der Waals surface area contributed by atoms with Gasteiger partial charge in [-0.2, -0.15) is 11.3 Å². The Morgan fingerprint density at radius 3 is 2.76 bits per heavy atom. The SMILES string of the molecule is CN(C(=O)NCC(c1ccsc1)N(C)C)C1=CCCc2ccccc21. The van der Waals surface area contributed by atoms with Crippen molar-refractivity contribution in [3.05, 3.63) is 63.9 Å². The molecule has 2 amide bonds. The van der Waals surface area contributed by atoms with Crippen LogP contribution in [-0.2, 0) is 6.42 Å². The summed E-state index contributed by atoms with van der Waals surface area (Å²) in [5, 5.41) is 7.30. The third-order valence-corrected chi connectivity index (χ3v) is 5.41. The van der Waals surface area contributed by atoms with Crippen LogP contribution >= 0.6 is 11.3 Å². The Bertz CT molecular complexity index is 752. The number of carbonyl (C=O) groups excluding carboxylic acids is 1. The van der Waals surface area contributed by atoms with Crippen LogP contribution in [0.3, 0.4) is 0 Å². The van der Waals surface area contributed by atoms with Crippen molar-refractivity contribution in [1.29, 1.82) is 0 Å². The monoisotopic (exact) mass is 355 g/mol. The van der Waals surface area contributed by atoms with E-state index in [-0.39, 0.29) is 12.1 Å². The molecule has 1 atom stereocenters. The molecule has 0 fully saturated rings. The molecule has 4 nitrogen and oxygen atoms in total. The molecule has 25 heavy (non-hydrogen) atoms. The van der Waals surface area contributed by atoms with E-state index >= 15 is 0 Å². The van der Waals surface area contributed by atoms with Crippen LogP contribution in [0.25, 0.3) is 5.70 Å². The Morgan fingerprint density at radius 2 is 2.04 bits per heavy atom. The molecule has 0 spiro atoms. The molecule has 0 radical (unpaired) electrons. The number of carbonyl (C=O) groups is 1. The summed E-state index contributed by atoms with van der Waals surface area (Å²) in [4.78, 5) is 16.6. The Labute approximate surface area is 153 Å². The molecule has 1 aromatic carbocycles. The molecule has 1 aliphatic carbocycles. The predicted molar refractivity (Wildman–Crippen MR) is 105 cm³/mol. The Hall–Kier alpha value is -2.11. The summed E-state index contributed by atoms with van der Waals surface area (Å²) in [6.07, 6.45) is 4.17. The molecule has 1 aliphatic rings. The zero-order valence-electron chi connectivity index (χ0n) is 15.0. The van der Waals surface area contributed by atoms with Gasteiger partial charge in [-0.05, 0) is 54.9 Å². The maximum absolute atomic E-state index is 12.7. The third kappa shape index (κ3) is 3.94. The molecular weight excluding hydrogens is 330 g/mol. The minimum absolute atomic E-state index is 0.0648. The van der Waals surface area contributed by atoms with E-state index in [1.54, 1.807) is 16.2 Å². The summed E-state index contributed by atoms with van der Waals surface area (Å²) >= 11 is 1.68. The average molecular weight is 356 g/mol. The molecule has 132 valence electrons. The van der Waals surface area contributed by atoms with Crippen molar-refractivity contribution in [2.75, 3.05) is 27.7 Å². The van der Waals surface area contributed by atoms with Crippen LogP contribution in [0.15, 0.2) is 47.2 Å². The number of benzene rings is 1. The van der Waals surface area contributed by atoms with Crippen molar-refractivity contribution < 1.29 is 4.79 Å². The number of rotatable bonds is 5. The second-order valence-corrected chi connectivity index (χ2v) is 7.35. The highest BCUT2D eigenvalue weighted by Crippen LogP contribution is 2.28. The summed E-state index contributed by atoms with van der Waals surface area (Å²) in [5.41, 5.74) is 4.70. The van der Waals surface area contributed by atoms with Gasteiger partial charge in [0, 0.05) is 24.9 Å². The molecule has 1 aromatic heterocycles. The number of aryl methyl sites for hydroxylation is 1. The molecule has 0 bridgehead atoms. The molecule has 1 N–H and O–H groups in total. The van der Waals surface area contributed by atoms with E-state index in [1.165, 1.54) is 11.1 Å². The Kier molecular flexibility index (Phi) is 5.56. The quantitative estimate of drug-likeness (QED) is 0.880.